The number of rotatable bonds is 1. The van der Waals surface area contributed by atoms with Crippen LogP contribution in [0.2, 0.25) is 0 Å². The monoisotopic (exact) mass is 245 g/mol. The van der Waals surface area contributed by atoms with E-state index in [0.29, 0.717) is 6.04 Å². The van der Waals surface area contributed by atoms with Crippen LogP contribution in [0.15, 0.2) is 18.6 Å². The predicted octanol–water partition coefficient (Wildman–Crippen LogP) is 1.13. The number of nitrogens with zero attached hydrogens (tertiary/aromatic N) is 4. The SMILES string of the molecule is Cc1cc(C2CC(N)CCN2C)c2ncnn2c1. The van der Waals surface area contributed by atoms with Crippen LogP contribution in [-0.4, -0.2) is 39.1 Å². The van der Waals surface area contributed by atoms with E-state index in [9.17, 15) is 0 Å². The Hall–Kier alpha value is -1.46. The fourth-order valence-electron chi connectivity index (χ4n) is 2.81. The van der Waals surface area contributed by atoms with Gasteiger partial charge in [-0.05, 0) is 45.0 Å². The Morgan fingerprint density at radius 2 is 2.28 bits per heavy atom. The second-order valence-corrected chi connectivity index (χ2v) is 5.28. The van der Waals surface area contributed by atoms with Gasteiger partial charge in [-0.25, -0.2) is 9.50 Å². The number of fused-ring (bicyclic) bond motifs is 1. The fourth-order valence-corrected chi connectivity index (χ4v) is 2.81. The van der Waals surface area contributed by atoms with E-state index in [-0.39, 0.29) is 6.04 Å². The Morgan fingerprint density at radius 1 is 1.44 bits per heavy atom. The van der Waals surface area contributed by atoms with E-state index in [4.69, 9.17) is 5.73 Å². The van der Waals surface area contributed by atoms with Crippen molar-refractivity contribution in [1.82, 2.24) is 19.5 Å². The number of likely N-dealkylation sites (tertiary alicyclic amines) is 1. The highest BCUT2D eigenvalue weighted by Gasteiger charge is 2.27. The summed E-state index contributed by atoms with van der Waals surface area (Å²) in [5, 5.41) is 4.23. The van der Waals surface area contributed by atoms with Crippen molar-refractivity contribution >= 4 is 5.65 Å². The summed E-state index contributed by atoms with van der Waals surface area (Å²) in [5.74, 6) is 0. The maximum Gasteiger partial charge on any atom is 0.160 e. The molecule has 2 aromatic rings. The molecule has 18 heavy (non-hydrogen) atoms. The molecule has 3 heterocycles. The number of hydrogen-bond acceptors (Lipinski definition) is 4. The van der Waals surface area contributed by atoms with Gasteiger partial charge < -0.3 is 5.73 Å². The molecule has 0 saturated carbocycles. The van der Waals surface area contributed by atoms with Crippen molar-refractivity contribution in [1.29, 1.82) is 0 Å². The zero-order valence-corrected chi connectivity index (χ0v) is 10.9. The minimum atomic E-state index is 0.287. The summed E-state index contributed by atoms with van der Waals surface area (Å²) in [6.45, 7) is 3.13. The molecule has 1 saturated heterocycles. The second-order valence-electron chi connectivity index (χ2n) is 5.28. The highest BCUT2D eigenvalue weighted by molar-refractivity contribution is 5.49. The summed E-state index contributed by atoms with van der Waals surface area (Å²) in [4.78, 5) is 6.75. The van der Waals surface area contributed by atoms with Gasteiger partial charge in [-0.1, -0.05) is 0 Å². The Bertz CT molecular complexity index is 562. The number of aromatic nitrogens is 3. The maximum absolute atomic E-state index is 6.11. The predicted molar refractivity (Wildman–Crippen MR) is 70.3 cm³/mol. The highest BCUT2D eigenvalue weighted by atomic mass is 15.3. The van der Waals surface area contributed by atoms with Crippen LogP contribution in [0.3, 0.4) is 0 Å². The minimum absolute atomic E-state index is 0.287. The normalized spacial score (nSPS) is 25.7. The van der Waals surface area contributed by atoms with Gasteiger partial charge in [-0.2, -0.15) is 5.10 Å². The van der Waals surface area contributed by atoms with Gasteiger partial charge in [-0.3, -0.25) is 4.90 Å². The molecule has 96 valence electrons. The first-order chi connectivity index (χ1) is 8.65. The van der Waals surface area contributed by atoms with E-state index in [2.05, 4.69) is 35.0 Å². The number of aryl methyl sites for hydroxylation is 1. The third kappa shape index (κ3) is 1.89. The molecule has 0 aliphatic carbocycles. The number of nitrogens with two attached hydrogens (primary N) is 1. The summed E-state index contributed by atoms with van der Waals surface area (Å²) in [6.07, 6.45) is 5.68. The Morgan fingerprint density at radius 3 is 3.11 bits per heavy atom. The molecular formula is C13H19N5. The molecule has 1 fully saturated rings. The van der Waals surface area contributed by atoms with E-state index in [1.807, 2.05) is 10.7 Å². The van der Waals surface area contributed by atoms with E-state index in [1.54, 1.807) is 6.33 Å². The van der Waals surface area contributed by atoms with Crippen molar-refractivity contribution in [2.45, 2.75) is 31.8 Å². The van der Waals surface area contributed by atoms with Gasteiger partial charge in [0.15, 0.2) is 5.65 Å². The molecule has 0 bridgehead atoms. The summed E-state index contributed by atoms with van der Waals surface area (Å²) in [6, 6.07) is 2.85. The van der Waals surface area contributed by atoms with Crippen LogP contribution < -0.4 is 5.73 Å². The number of pyridine rings is 1. The van der Waals surface area contributed by atoms with E-state index >= 15 is 0 Å². The molecule has 2 aromatic heterocycles. The second kappa shape index (κ2) is 4.33. The first-order valence-electron chi connectivity index (χ1n) is 6.41. The van der Waals surface area contributed by atoms with Gasteiger partial charge in [-0.15, -0.1) is 0 Å². The van der Waals surface area contributed by atoms with Crippen LogP contribution in [0, 0.1) is 6.92 Å². The van der Waals surface area contributed by atoms with Crippen molar-refractivity contribution in [3.8, 4) is 0 Å². The molecular weight excluding hydrogens is 226 g/mol. The lowest BCUT2D eigenvalue weighted by Gasteiger charge is -2.36. The van der Waals surface area contributed by atoms with Crippen LogP contribution in [0.25, 0.3) is 5.65 Å². The van der Waals surface area contributed by atoms with Crippen LogP contribution in [0.4, 0.5) is 0 Å². The molecule has 1 aliphatic heterocycles. The third-order valence-electron chi connectivity index (χ3n) is 3.81. The summed E-state index contributed by atoms with van der Waals surface area (Å²) in [5.41, 5.74) is 9.51. The number of piperidine rings is 1. The largest absolute Gasteiger partial charge is 0.328 e. The van der Waals surface area contributed by atoms with Gasteiger partial charge in [0, 0.05) is 23.8 Å². The maximum atomic E-state index is 6.11. The number of hydrogen-bond donors (Lipinski definition) is 1. The minimum Gasteiger partial charge on any atom is -0.328 e. The first kappa shape index (κ1) is 11.6. The van der Waals surface area contributed by atoms with Crippen molar-refractivity contribution < 1.29 is 0 Å². The third-order valence-corrected chi connectivity index (χ3v) is 3.81. The zero-order valence-electron chi connectivity index (χ0n) is 10.9. The average molecular weight is 245 g/mol. The zero-order chi connectivity index (χ0) is 12.7. The van der Waals surface area contributed by atoms with Gasteiger partial charge in [0.25, 0.3) is 0 Å². The van der Waals surface area contributed by atoms with Crippen LogP contribution in [-0.2, 0) is 0 Å². The molecule has 1 aliphatic rings. The van der Waals surface area contributed by atoms with Gasteiger partial charge in [0.1, 0.15) is 6.33 Å². The van der Waals surface area contributed by atoms with Gasteiger partial charge in [0.05, 0.1) is 0 Å². The molecule has 3 rings (SSSR count). The first-order valence-corrected chi connectivity index (χ1v) is 6.41. The van der Waals surface area contributed by atoms with Crippen LogP contribution >= 0.6 is 0 Å². The lowest BCUT2D eigenvalue weighted by Crippen LogP contribution is -2.40. The quantitative estimate of drug-likeness (QED) is 0.818. The molecule has 5 nitrogen and oxygen atoms in total. The summed E-state index contributed by atoms with van der Waals surface area (Å²) < 4.78 is 1.86. The Labute approximate surface area is 107 Å². The molecule has 2 N–H and O–H groups in total. The Kier molecular flexibility index (Phi) is 2.80. The lowest BCUT2D eigenvalue weighted by molar-refractivity contribution is 0.172. The fraction of sp³-hybridized carbons (Fsp3) is 0.538. The molecule has 2 unspecified atom stereocenters. The van der Waals surface area contributed by atoms with E-state index in [1.165, 1.54) is 11.1 Å². The Balaban J connectivity index is 2.09. The molecule has 0 radical (unpaired) electrons. The van der Waals surface area contributed by atoms with Crippen LogP contribution in [0.1, 0.15) is 30.0 Å². The van der Waals surface area contributed by atoms with Crippen molar-refractivity contribution in [2.24, 2.45) is 5.73 Å². The van der Waals surface area contributed by atoms with Crippen molar-refractivity contribution in [3.63, 3.8) is 0 Å². The standard InChI is InChI=1S/C13H19N5/c1-9-5-11(13-15-8-16-18(13)7-9)12-6-10(14)3-4-17(12)2/h5,7-8,10,12H,3-4,6,14H2,1-2H3. The molecule has 5 heteroatoms. The highest BCUT2D eigenvalue weighted by Crippen LogP contribution is 2.31. The topological polar surface area (TPSA) is 59.5 Å². The van der Waals surface area contributed by atoms with E-state index < -0.39 is 0 Å². The molecule has 0 amide bonds. The smallest absolute Gasteiger partial charge is 0.160 e. The molecule has 0 spiro atoms. The average Bonchev–Trinajstić information content (AvgIpc) is 2.79. The van der Waals surface area contributed by atoms with Gasteiger partial charge >= 0.3 is 0 Å². The summed E-state index contributed by atoms with van der Waals surface area (Å²) in [7, 11) is 2.16. The lowest BCUT2D eigenvalue weighted by atomic mass is 9.93. The summed E-state index contributed by atoms with van der Waals surface area (Å²) >= 11 is 0. The van der Waals surface area contributed by atoms with E-state index in [0.717, 1.165) is 25.0 Å². The van der Waals surface area contributed by atoms with Crippen molar-refractivity contribution in [2.75, 3.05) is 13.6 Å². The molecule has 0 aromatic carbocycles. The van der Waals surface area contributed by atoms with Gasteiger partial charge in [0.2, 0.25) is 0 Å². The molecule has 2 atom stereocenters. The van der Waals surface area contributed by atoms with Crippen molar-refractivity contribution in [3.05, 3.63) is 29.7 Å². The van der Waals surface area contributed by atoms with Crippen LogP contribution in [0.5, 0.6) is 0 Å².